The summed E-state index contributed by atoms with van der Waals surface area (Å²) in [4.78, 5) is 0. The van der Waals surface area contributed by atoms with Gasteiger partial charge in [0.1, 0.15) is 11.6 Å². The quantitative estimate of drug-likeness (QED) is 0.649. The predicted octanol–water partition coefficient (Wildman–Crippen LogP) is 5.41. The molecule has 0 amide bonds. The van der Waals surface area contributed by atoms with Crippen molar-refractivity contribution in [3.05, 3.63) is 58.1 Å². The van der Waals surface area contributed by atoms with Crippen LogP contribution in [0.1, 0.15) is 5.56 Å². The van der Waals surface area contributed by atoms with Crippen LogP contribution in [-0.4, -0.2) is 0 Å². The Bertz CT molecular complexity index is 573. The second-order valence-corrected chi connectivity index (χ2v) is 4.99. The van der Waals surface area contributed by atoms with E-state index in [0.29, 0.717) is 9.80 Å². The van der Waals surface area contributed by atoms with Gasteiger partial charge < -0.3 is 4.74 Å². The number of hydrogen-bond donors (Lipinski definition) is 0. The normalized spacial score (nSPS) is 10.4. The van der Waals surface area contributed by atoms with E-state index >= 15 is 0 Å². The highest BCUT2D eigenvalue weighted by Crippen LogP contribution is 2.32. The lowest BCUT2D eigenvalue weighted by Crippen LogP contribution is -1.91. The number of alkyl halides is 1. The molecule has 0 aliphatic heterocycles. The molecule has 0 aliphatic carbocycles. The topological polar surface area (TPSA) is 9.23 Å². The van der Waals surface area contributed by atoms with Crippen LogP contribution in [0.5, 0.6) is 11.5 Å². The van der Waals surface area contributed by atoms with Crippen molar-refractivity contribution in [2.24, 2.45) is 0 Å². The van der Waals surface area contributed by atoms with E-state index in [-0.39, 0.29) is 11.5 Å². The third kappa shape index (κ3) is 3.09. The fraction of sp³-hybridized carbons (Fsp3) is 0.0769. The van der Waals surface area contributed by atoms with Gasteiger partial charge in [0.25, 0.3) is 0 Å². The molecule has 0 saturated heterocycles. The highest BCUT2D eigenvalue weighted by Gasteiger charge is 2.09. The Labute approximate surface area is 120 Å². The molecule has 1 nitrogen and oxygen atoms in total. The SMILES string of the molecule is Fc1ccc(Br)c(Oc2ccc(CBr)cc2F)c1. The molecule has 0 unspecified atom stereocenters. The Morgan fingerprint density at radius 3 is 2.44 bits per heavy atom. The van der Waals surface area contributed by atoms with Gasteiger partial charge in [-0.3, -0.25) is 0 Å². The Kier molecular flexibility index (Phi) is 4.35. The van der Waals surface area contributed by atoms with Gasteiger partial charge in [0, 0.05) is 11.4 Å². The third-order valence-corrected chi connectivity index (χ3v) is 3.57. The first kappa shape index (κ1) is 13.5. The Morgan fingerprint density at radius 2 is 1.78 bits per heavy atom. The molecule has 0 bridgehead atoms. The second-order valence-electron chi connectivity index (χ2n) is 3.58. The van der Waals surface area contributed by atoms with E-state index in [0.717, 1.165) is 5.56 Å². The van der Waals surface area contributed by atoms with E-state index < -0.39 is 11.6 Å². The fourth-order valence-corrected chi connectivity index (χ4v) is 2.06. The number of ether oxygens (including phenoxy) is 1. The lowest BCUT2D eigenvalue weighted by atomic mass is 10.2. The minimum absolute atomic E-state index is 0.0611. The smallest absolute Gasteiger partial charge is 0.166 e. The zero-order valence-corrected chi connectivity index (χ0v) is 12.3. The van der Waals surface area contributed by atoms with Gasteiger partial charge in [0.05, 0.1) is 4.47 Å². The van der Waals surface area contributed by atoms with Crippen LogP contribution in [0.25, 0.3) is 0 Å². The highest BCUT2D eigenvalue weighted by molar-refractivity contribution is 9.10. The van der Waals surface area contributed by atoms with Crippen molar-refractivity contribution in [2.75, 3.05) is 0 Å². The van der Waals surface area contributed by atoms with Gasteiger partial charge in [-0.05, 0) is 45.8 Å². The number of rotatable bonds is 3. The average Bonchev–Trinajstić information content (AvgIpc) is 2.36. The standard InChI is InChI=1S/C13H8Br2F2O/c14-7-8-1-4-12(11(17)5-8)18-13-6-9(16)2-3-10(13)15/h1-6H,7H2. The van der Waals surface area contributed by atoms with E-state index in [1.807, 2.05) is 0 Å². The van der Waals surface area contributed by atoms with Gasteiger partial charge >= 0.3 is 0 Å². The monoisotopic (exact) mass is 376 g/mol. The summed E-state index contributed by atoms with van der Waals surface area (Å²) in [5, 5.41) is 0.563. The lowest BCUT2D eigenvalue weighted by Gasteiger charge is -2.09. The minimum Gasteiger partial charge on any atom is -0.453 e. The van der Waals surface area contributed by atoms with Crippen LogP contribution >= 0.6 is 31.9 Å². The summed E-state index contributed by atoms with van der Waals surface area (Å²) in [6.45, 7) is 0. The van der Waals surface area contributed by atoms with Crippen molar-refractivity contribution in [1.82, 2.24) is 0 Å². The molecule has 5 heteroatoms. The van der Waals surface area contributed by atoms with Gasteiger partial charge in [-0.25, -0.2) is 8.78 Å². The highest BCUT2D eigenvalue weighted by atomic mass is 79.9. The Balaban J connectivity index is 2.31. The van der Waals surface area contributed by atoms with Crippen LogP contribution in [0.3, 0.4) is 0 Å². The van der Waals surface area contributed by atoms with Crippen LogP contribution in [0.15, 0.2) is 40.9 Å². The van der Waals surface area contributed by atoms with Crippen molar-refractivity contribution < 1.29 is 13.5 Å². The summed E-state index contributed by atoms with van der Waals surface area (Å²) in [6.07, 6.45) is 0. The average molecular weight is 378 g/mol. The fourth-order valence-electron chi connectivity index (χ4n) is 1.38. The maximum absolute atomic E-state index is 13.7. The summed E-state index contributed by atoms with van der Waals surface area (Å²) in [6, 6.07) is 8.62. The summed E-state index contributed by atoms with van der Waals surface area (Å²) < 4.78 is 32.7. The summed E-state index contributed by atoms with van der Waals surface area (Å²) in [5.74, 6) is -0.625. The summed E-state index contributed by atoms with van der Waals surface area (Å²) in [5.41, 5.74) is 0.804. The van der Waals surface area contributed by atoms with Gasteiger partial charge in [-0.2, -0.15) is 0 Å². The molecule has 0 aliphatic rings. The maximum Gasteiger partial charge on any atom is 0.166 e. The number of benzene rings is 2. The van der Waals surface area contributed by atoms with Crippen molar-refractivity contribution in [2.45, 2.75) is 5.33 Å². The molecular formula is C13H8Br2F2O. The molecule has 0 heterocycles. The minimum atomic E-state index is -0.483. The van der Waals surface area contributed by atoms with E-state index in [4.69, 9.17) is 4.74 Å². The third-order valence-electron chi connectivity index (χ3n) is 2.26. The van der Waals surface area contributed by atoms with Crippen molar-refractivity contribution >= 4 is 31.9 Å². The molecule has 0 aromatic heterocycles. The Morgan fingerprint density at radius 1 is 1.00 bits per heavy atom. The molecule has 94 valence electrons. The second kappa shape index (κ2) is 5.80. The van der Waals surface area contributed by atoms with Crippen molar-refractivity contribution in [3.63, 3.8) is 0 Å². The molecule has 0 radical (unpaired) electrons. The van der Waals surface area contributed by atoms with Gasteiger partial charge in [-0.15, -0.1) is 0 Å². The first-order valence-corrected chi connectivity index (χ1v) is 6.99. The van der Waals surface area contributed by atoms with Gasteiger partial charge in [0.2, 0.25) is 0 Å². The van der Waals surface area contributed by atoms with E-state index in [2.05, 4.69) is 31.9 Å². The molecule has 0 saturated carbocycles. The summed E-state index contributed by atoms with van der Waals surface area (Å²) in [7, 11) is 0. The molecule has 2 aromatic carbocycles. The van der Waals surface area contributed by atoms with Crippen molar-refractivity contribution in [3.8, 4) is 11.5 Å². The number of hydrogen-bond acceptors (Lipinski definition) is 1. The molecule has 0 atom stereocenters. The zero-order chi connectivity index (χ0) is 13.1. The Hall–Kier alpha value is -0.940. The first-order valence-electron chi connectivity index (χ1n) is 5.07. The molecule has 2 aromatic rings. The van der Waals surface area contributed by atoms with E-state index in [1.165, 1.54) is 30.3 Å². The first-order chi connectivity index (χ1) is 8.60. The maximum atomic E-state index is 13.7. The lowest BCUT2D eigenvalue weighted by molar-refractivity contribution is 0.436. The summed E-state index contributed by atoms with van der Waals surface area (Å²) >= 11 is 6.46. The predicted molar refractivity (Wildman–Crippen MR) is 73.2 cm³/mol. The zero-order valence-electron chi connectivity index (χ0n) is 9.09. The molecule has 2 rings (SSSR count). The van der Waals surface area contributed by atoms with Crippen LogP contribution in [0.2, 0.25) is 0 Å². The number of halogens is 4. The molecule has 0 fully saturated rings. The van der Waals surface area contributed by atoms with Gasteiger partial charge in [0.15, 0.2) is 11.6 Å². The van der Waals surface area contributed by atoms with E-state index in [1.54, 1.807) is 6.07 Å². The van der Waals surface area contributed by atoms with E-state index in [9.17, 15) is 8.78 Å². The molecule has 18 heavy (non-hydrogen) atoms. The largest absolute Gasteiger partial charge is 0.453 e. The van der Waals surface area contributed by atoms with Crippen molar-refractivity contribution in [1.29, 1.82) is 0 Å². The van der Waals surface area contributed by atoms with Crippen LogP contribution in [0, 0.1) is 11.6 Å². The molecular weight excluding hydrogens is 370 g/mol. The van der Waals surface area contributed by atoms with Crippen LogP contribution < -0.4 is 4.74 Å². The van der Waals surface area contributed by atoms with Crippen LogP contribution in [-0.2, 0) is 5.33 Å². The molecule has 0 N–H and O–H groups in total. The van der Waals surface area contributed by atoms with Gasteiger partial charge in [-0.1, -0.05) is 22.0 Å². The van der Waals surface area contributed by atoms with Crippen LogP contribution in [0.4, 0.5) is 8.78 Å². The molecule has 0 spiro atoms.